The van der Waals surface area contributed by atoms with Gasteiger partial charge in [0.15, 0.2) is 0 Å². The van der Waals surface area contributed by atoms with Crippen molar-refractivity contribution in [3.63, 3.8) is 0 Å². The molecule has 0 fully saturated rings. The maximum absolute atomic E-state index is 5.33. The van der Waals surface area contributed by atoms with E-state index in [4.69, 9.17) is 4.98 Å². The van der Waals surface area contributed by atoms with Crippen molar-refractivity contribution in [2.45, 2.75) is 62.3 Å². The lowest BCUT2D eigenvalue weighted by atomic mass is 9.92. The number of nitrogens with one attached hydrogen (secondary N) is 2. The molecule has 0 amide bonds. The molecule has 2 N–H and O–H groups in total. The summed E-state index contributed by atoms with van der Waals surface area (Å²) >= 11 is 0. The first kappa shape index (κ1) is 34.4. The lowest BCUT2D eigenvalue weighted by Gasteiger charge is -2.14. The van der Waals surface area contributed by atoms with Gasteiger partial charge < -0.3 is 23.8 Å². The van der Waals surface area contributed by atoms with Gasteiger partial charge in [0.1, 0.15) is 11.2 Å². The van der Waals surface area contributed by atoms with Crippen LogP contribution in [-0.4, -0.2) is 18.8 Å². The van der Waals surface area contributed by atoms with Crippen molar-refractivity contribution >= 4 is 44.1 Å². The molecule has 55 heavy (non-hydrogen) atoms. The van der Waals surface area contributed by atoms with Gasteiger partial charge in [-0.3, -0.25) is 0 Å². The third-order valence-electron chi connectivity index (χ3n) is 11.3. The van der Waals surface area contributed by atoms with E-state index in [9.17, 15) is 0 Å². The molecule has 0 saturated carbocycles. The number of aromatic nitrogens is 5. The second-order valence-electron chi connectivity index (χ2n) is 15.8. The minimum Gasteiger partial charge on any atom is -0.428 e. The van der Waals surface area contributed by atoms with Crippen molar-refractivity contribution < 1.29 is 0 Å². The van der Waals surface area contributed by atoms with Crippen molar-refractivity contribution in [2.75, 3.05) is 0 Å². The molecule has 0 unspecified atom stereocenters. The molecule has 0 aliphatic rings. The first-order chi connectivity index (χ1) is 26.4. The van der Waals surface area contributed by atoms with Crippen molar-refractivity contribution in [1.29, 1.82) is 0 Å². The highest BCUT2D eigenvalue weighted by Gasteiger charge is 2.19. The number of aromatic amines is 2. The van der Waals surface area contributed by atoms with Crippen molar-refractivity contribution in [1.82, 2.24) is 23.8 Å². The third kappa shape index (κ3) is 5.82. The standard InChI is InChI=1S/C50H47N5/c1-28-20-31(4)45(32(5)21-28)48-37-16-18-54(26-37)43-14-12-41(52-43)50(47-35(8)24-30(3)25-36(47)9)42-13-15-44(53-42)55-19-17-38(27-55)49(40-11-10-39(48)51-40)46-33(6)22-29(2)23-34(46)7/h10-27,51-52H,1-9H3. The van der Waals surface area contributed by atoms with Crippen LogP contribution in [-0.2, 0) is 0 Å². The average Bonchev–Trinajstić information content (AvgIpc) is 3.96. The Morgan fingerprint density at radius 2 is 0.964 bits per heavy atom. The van der Waals surface area contributed by atoms with Crippen molar-refractivity contribution in [3.05, 3.63) is 160 Å². The Labute approximate surface area is 322 Å². The minimum atomic E-state index is 0.883. The SMILES string of the molecule is Cc1cc(C)c(-c2c3ccn(c3)c3ccc([n-]3)[c+](-c3c(C)cc(C)cc3C)c3ccc([nH]3)n3ccc(c3)c(-c3c(C)cc(C)cc3C)c3ccc2[nH]3)c(C)c1. The van der Waals surface area contributed by atoms with Gasteiger partial charge >= 0.3 is 0 Å². The zero-order valence-corrected chi connectivity index (χ0v) is 33.2. The highest BCUT2D eigenvalue weighted by atomic mass is 15.0. The van der Waals surface area contributed by atoms with Crippen molar-refractivity contribution in [3.8, 4) is 33.4 Å². The van der Waals surface area contributed by atoms with Gasteiger partial charge in [0, 0.05) is 68.7 Å². The van der Waals surface area contributed by atoms with E-state index in [1.807, 2.05) is 0 Å². The van der Waals surface area contributed by atoms with Gasteiger partial charge in [-0.25, -0.2) is 0 Å². The summed E-state index contributed by atoms with van der Waals surface area (Å²) in [6, 6.07) is 31.4. The Morgan fingerprint density at radius 1 is 0.473 bits per heavy atom. The van der Waals surface area contributed by atoms with Crippen LogP contribution in [0.2, 0.25) is 0 Å². The number of fused-ring (bicyclic) bond motifs is 12. The fraction of sp³-hybridized carbons (Fsp3) is 0.180. The van der Waals surface area contributed by atoms with E-state index in [2.05, 4.69) is 191 Å². The lowest BCUT2D eigenvalue weighted by molar-refractivity contribution is 1.18. The fourth-order valence-corrected chi connectivity index (χ4v) is 9.38. The van der Waals surface area contributed by atoms with Crippen LogP contribution in [0, 0.1) is 62.3 Å². The van der Waals surface area contributed by atoms with Crippen LogP contribution in [0.15, 0.2) is 110 Å². The number of H-pyrrole nitrogens is 2. The average molecular weight is 718 g/mol. The van der Waals surface area contributed by atoms with Gasteiger partial charge in [-0.15, -0.1) is 0 Å². The predicted octanol–water partition coefficient (Wildman–Crippen LogP) is 13.0. The molecule has 9 rings (SSSR count). The molecule has 0 atom stereocenters. The summed E-state index contributed by atoms with van der Waals surface area (Å²) in [4.78, 5) is 13.1. The number of nitrogens with zero attached hydrogens (tertiary/aromatic N) is 3. The molecule has 9 aromatic rings. The summed E-state index contributed by atoms with van der Waals surface area (Å²) in [5.74, 6) is 0. The van der Waals surface area contributed by atoms with E-state index >= 15 is 0 Å². The normalized spacial score (nSPS) is 11.7. The monoisotopic (exact) mass is 717 g/mol. The largest absolute Gasteiger partial charge is 0.428 e. The first-order valence-electron chi connectivity index (χ1n) is 19.2. The molecule has 10 bridgehead atoms. The molecule has 3 aromatic carbocycles. The molecule has 0 saturated heterocycles. The van der Waals surface area contributed by atoms with Gasteiger partial charge in [0.2, 0.25) is 0 Å². The van der Waals surface area contributed by atoms with Crippen LogP contribution in [0.1, 0.15) is 50.1 Å². The van der Waals surface area contributed by atoms with E-state index in [-0.39, 0.29) is 0 Å². The maximum atomic E-state index is 5.33. The Kier molecular flexibility index (Phi) is 8.09. The predicted molar refractivity (Wildman–Crippen MR) is 233 cm³/mol. The Balaban J connectivity index is 1.49. The second kappa shape index (κ2) is 12.9. The fourth-order valence-electron chi connectivity index (χ4n) is 9.38. The molecule has 5 heteroatoms. The molecule has 6 heterocycles. The summed E-state index contributed by atoms with van der Waals surface area (Å²) in [5, 5.41) is 2.28. The quantitative estimate of drug-likeness (QED) is 0.176. The van der Waals surface area contributed by atoms with Gasteiger partial charge in [0.05, 0.1) is 11.1 Å². The number of aryl methyl sites for hydroxylation is 9. The minimum absolute atomic E-state index is 0.883. The van der Waals surface area contributed by atoms with Crippen LogP contribution in [0.4, 0.5) is 0 Å². The number of benzene rings is 3. The zero-order chi connectivity index (χ0) is 38.3. The Bertz CT molecular complexity index is 2890. The molecule has 5 nitrogen and oxygen atoms in total. The van der Waals surface area contributed by atoms with Crippen LogP contribution >= 0.6 is 0 Å². The summed E-state index contributed by atoms with van der Waals surface area (Å²) in [6.07, 6.45) is 8.80. The molecule has 0 aliphatic carbocycles. The Morgan fingerprint density at radius 3 is 1.51 bits per heavy atom. The Hall–Kier alpha value is -6.33. The summed E-state index contributed by atoms with van der Waals surface area (Å²) in [7, 11) is 0. The van der Waals surface area contributed by atoms with E-state index in [1.165, 1.54) is 77.9 Å². The molecule has 272 valence electrons. The smallest absolute Gasteiger partial charge is 0.123 e. The van der Waals surface area contributed by atoms with Crippen LogP contribution in [0.5, 0.6) is 0 Å². The molecular formula is C50H47N5. The molecular weight excluding hydrogens is 671 g/mol. The number of rotatable bonds is 3. The topological polar surface area (TPSA) is 54.5 Å². The summed E-state index contributed by atoms with van der Waals surface area (Å²) in [5.41, 5.74) is 24.5. The zero-order valence-electron chi connectivity index (χ0n) is 33.2. The molecule has 0 spiro atoms. The summed E-state index contributed by atoms with van der Waals surface area (Å²) in [6.45, 7) is 19.9. The van der Waals surface area contributed by atoms with E-state index < -0.39 is 0 Å². The van der Waals surface area contributed by atoms with Crippen LogP contribution in [0.25, 0.3) is 77.5 Å². The van der Waals surface area contributed by atoms with Gasteiger partial charge in [-0.05, 0) is 155 Å². The highest BCUT2D eigenvalue weighted by Crippen LogP contribution is 2.39. The molecule has 6 aromatic heterocycles. The van der Waals surface area contributed by atoms with Gasteiger partial charge in [-0.2, -0.15) is 0 Å². The highest BCUT2D eigenvalue weighted by molar-refractivity contribution is 6.01. The van der Waals surface area contributed by atoms with Crippen LogP contribution in [0.3, 0.4) is 0 Å². The van der Waals surface area contributed by atoms with Crippen molar-refractivity contribution in [2.24, 2.45) is 0 Å². The van der Waals surface area contributed by atoms with E-state index in [1.54, 1.807) is 0 Å². The van der Waals surface area contributed by atoms with Gasteiger partial charge in [0.25, 0.3) is 0 Å². The van der Waals surface area contributed by atoms with E-state index in [0.717, 1.165) is 49.7 Å². The van der Waals surface area contributed by atoms with E-state index in [0.29, 0.717) is 0 Å². The second-order valence-corrected chi connectivity index (χ2v) is 15.8. The van der Waals surface area contributed by atoms with Crippen LogP contribution < -0.4 is 4.98 Å². The first-order valence-corrected chi connectivity index (χ1v) is 19.2. The lowest BCUT2D eigenvalue weighted by Crippen LogP contribution is -1.92. The third-order valence-corrected chi connectivity index (χ3v) is 11.3. The number of hydrogen-bond donors (Lipinski definition) is 2. The molecule has 0 radical (unpaired) electrons. The summed E-state index contributed by atoms with van der Waals surface area (Å²) < 4.78 is 4.37. The maximum Gasteiger partial charge on any atom is 0.123 e. The molecule has 0 aliphatic heterocycles. The van der Waals surface area contributed by atoms with Gasteiger partial charge in [-0.1, -0.05) is 53.9 Å². The number of hydrogen-bond acceptors (Lipinski definition) is 0.